The minimum atomic E-state index is 0.925. The van der Waals surface area contributed by atoms with Crippen LogP contribution in [0.4, 0.5) is 0 Å². The number of fused-ring (bicyclic) bond motifs is 7. The highest BCUT2D eigenvalue weighted by Gasteiger charge is 2.17. The average Bonchev–Trinajstić information content (AvgIpc) is 3.60. The molecule has 1 nitrogen and oxygen atoms in total. The Labute approximate surface area is 307 Å². The maximum Gasteiger partial charge on any atom is 0.135 e. The first kappa shape index (κ1) is 30.0. The monoisotopic (exact) mass is 674 g/mol. The third kappa shape index (κ3) is 4.85. The lowest BCUT2D eigenvalue weighted by atomic mass is 9.85. The highest BCUT2D eigenvalue weighted by molar-refractivity contribution is 6.08. The SMILES string of the molecule is C1=c2c(-c3ccc(-c4cccc5ccccc45)cc3)c3ccccc3c(-c3ccc4cc(-c5ccc6oc7ccccc7c6c5)ccc4c3)c2=CCC1. The number of furan rings is 1. The Morgan fingerprint density at radius 1 is 0.321 bits per heavy atom. The van der Waals surface area contributed by atoms with Crippen LogP contribution in [0.2, 0.25) is 0 Å². The minimum absolute atomic E-state index is 0.925. The van der Waals surface area contributed by atoms with Gasteiger partial charge in [-0.1, -0.05) is 152 Å². The van der Waals surface area contributed by atoms with Crippen LogP contribution in [0.3, 0.4) is 0 Å². The van der Waals surface area contributed by atoms with Crippen LogP contribution in [0, 0.1) is 0 Å². The molecule has 10 aromatic rings. The van der Waals surface area contributed by atoms with Gasteiger partial charge in [0.1, 0.15) is 11.2 Å². The molecule has 1 aromatic heterocycles. The Morgan fingerprint density at radius 2 is 0.849 bits per heavy atom. The zero-order chi connectivity index (χ0) is 34.9. The molecule has 0 saturated heterocycles. The van der Waals surface area contributed by atoms with Gasteiger partial charge in [0, 0.05) is 10.8 Å². The first-order valence-corrected chi connectivity index (χ1v) is 18.6. The van der Waals surface area contributed by atoms with E-state index >= 15 is 0 Å². The van der Waals surface area contributed by atoms with Gasteiger partial charge >= 0.3 is 0 Å². The molecular weight excluding hydrogens is 641 g/mol. The molecule has 0 unspecified atom stereocenters. The largest absolute Gasteiger partial charge is 0.456 e. The fraction of sp³-hybridized carbons (Fsp3) is 0.0385. The van der Waals surface area contributed by atoms with E-state index in [1.807, 2.05) is 12.1 Å². The molecule has 1 aliphatic rings. The van der Waals surface area contributed by atoms with Gasteiger partial charge in [-0.05, 0) is 130 Å². The third-order valence-corrected chi connectivity index (χ3v) is 11.3. The fourth-order valence-corrected chi connectivity index (χ4v) is 8.76. The summed E-state index contributed by atoms with van der Waals surface area (Å²) in [6, 6.07) is 62.1. The van der Waals surface area contributed by atoms with E-state index in [0.29, 0.717) is 0 Å². The molecule has 0 radical (unpaired) electrons. The second-order valence-electron chi connectivity index (χ2n) is 14.3. The number of benzene rings is 9. The molecule has 0 bridgehead atoms. The quantitative estimate of drug-likeness (QED) is 0.181. The van der Waals surface area contributed by atoms with Crippen LogP contribution in [0.1, 0.15) is 12.8 Å². The Hall–Kier alpha value is -6.70. The maximum absolute atomic E-state index is 6.10. The van der Waals surface area contributed by atoms with E-state index in [0.717, 1.165) is 34.8 Å². The smallest absolute Gasteiger partial charge is 0.135 e. The van der Waals surface area contributed by atoms with Gasteiger partial charge in [-0.2, -0.15) is 0 Å². The summed E-state index contributed by atoms with van der Waals surface area (Å²) in [7, 11) is 0. The lowest BCUT2D eigenvalue weighted by Crippen LogP contribution is -2.31. The molecule has 11 rings (SSSR count). The second kappa shape index (κ2) is 11.9. The van der Waals surface area contributed by atoms with Crippen LogP contribution in [-0.2, 0) is 0 Å². The number of hydrogen-bond donors (Lipinski definition) is 0. The number of para-hydroxylation sites is 1. The van der Waals surface area contributed by atoms with Crippen molar-refractivity contribution in [1.29, 1.82) is 0 Å². The molecule has 1 heteroatoms. The zero-order valence-electron chi connectivity index (χ0n) is 29.1. The molecule has 0 fully saturated rings. The van der Waals surface area contributed by atoms with Crippen LogP contribution >= 0.6 is 0 Å². The molecule has 53 heavy (non-hydrogen) atoms. The van der Waals surface area contributed by atoms with E-state index in [9.17, 15) is 0 Å². The van der Waals surface area contributed by atoms with Crippen LogP contribution < -0.4 is 10.4 Å². The molecule has 0 amide bonds. The summed E-state index contributed by atoms with van der Waals surface area (Å²) in [6.45, 7) is 0. The topological polar surface area (TPSA) is 13.1 Å². The third-order valence-electron chi connectivity index (χ3n) is 11.3. The predicted octanol–water partition coefficient (Wildman–Crippen LogP) is 13.1. The number of hydrogen-bond acceptors (Lipinski definition) is 1. The van der Waals surface area contributed by atoms with Crippen molar-refractivity contribution in [3.63, 3.8) is 0 Å². The van der Waals surface area contributed by atoms with Gasteiger partial charge in [0.25, 0.3) is 0 Å². The first-order valence-electron chi connectivity index (χ1n) is 18.6. The first-order chi connectivity index (χ1) is 26.3. The Morgan fingerprint density at radius 3 is 1.62 bits per heavy atom. The average molecular weight is 675 g/mol. The Bertz CT molecular complexity index is 3210. The van der Waals surface area contributed by atoms with Crippen molar-refractivity contribution >= 4 is 66.4 Å². The van der Waals surface area contributed by atoms with E-state index in [-0.39, 0.29) is 0 Å². The highest BCUT2D eigenvalue weighted by atomic mass is 16.3. The van der Waals surface area contributed by atoms with Gasteiger partial charge in [-0.25, -0.2) is 0 Å². The van der Waals surface area contributed by atoms with E-state index in [2.05, 4.69) is 170 Å². The molecule has 0 saturated carbocycles. The van der Waals surface area contributed by atoms with Crippen molar-refractivity contribution in [2.75, 3.05) is 0 Å². The van der Waals surface area contributed by atoms with Crippen molar-refractivity contribution in [2.45, 2.75) is 12.8 Å². The predicted molar refractivity (Wildman–Crippen MR) is 225 cm³/mol. The minimum Gasteiger partial charge on any atom is -0.456 e. The van der Waals surface area contributed by atoms with Crippen LogP contribution in [-0.4, -0.2) is 0 Å². The summed E-state index contributed by atoms with van der Waals surface area (Å²) in [4.78, 5) is 0. The maximum atomic E-state index is 6.10. The fourth-order valence-electron chi connectivity index (χ4n) is 8.76. The van der Waals surface area contributed by atoms with Gasteiger partial charge in [0.05, 0.1) is 0 Å². The van der Waals surface area contributed by atoms with Crippen LogP contribution in [0.5, 0.6) is 0 Å². The van der Waals surface area contributed by atoms with E-state index in [1.54, 1.807) is 0 Å². The van der Waals surface area contributed by atoms with E-state index in [4.69, 9.17) is 4.42 Å². The summed E-state index contributed by atoms with van der Waals surface area (Å²) < 4.78 is 6.10. The van der Waals surface area contributed by atoms with Gasteiger partial charge < -0.3 is 4.42 Å². The molecule has 1 heterocycles. The van der Waals surface area contributed by atoms with Crippen LogP contribution in [0.25, 0.3) is 111 Å². The van der Waals surface area contributed by atoms with E-state index < -0.39 is 0 Å². The normalized spacial score (nSPS) is 12.7. The molecule has 0 spiro atoms. The van der Waals surface area contributed by atoms with Gasteiger partial charge in [0.15, 0.2) is 0 Å². The summed E-state index contributed by atoms with van der Waals surface area (Å²) in [6.07, 6.45) is 7.03. The molecule has 9 aromatic carbocycles. The Kier molecular flexibility index (Phi) is 6.75. The van der Waals surface area contributed by atoms with Crippen molar-refractivity contribution in [3.8, 4) is 44.5 Å². The molecule has 0 N–H and O–H groups in total. The van der Waals surface area contributed by atoms with Gasteiger partial charge in [-0.15, -0.1) is 0 Å². The van der Waals surface area contributed by atoms with Crippen molar-refractivity contribution < 1.29 is 4.42 Å². The molecular formula is C52H34O. The van der Waals surface area contributed by atoms with Crippen molar-refractivity contribution in [1.82, 2.24) is 0 Å². The van der Waals surface area contributed by atoms with Gasteiger partial charge in [-0.3, -0.25) is 0 Å². The van der Waals surface area contributed by atoms with E-state index in [1.165, 1.54) is 87.3 Å². The van der Waals surface area contributed by atoms with Crippen molar-refractivity contribution in [3.05, 3.63) is 180 Å². The standard InChI is InChI=1S/C52H34O/c1-2-12-41-33(10-1)11-9-18-42(41)34-20-22-35(23-21-34)51-44-14-3-5-16-46(44)52(47-17-6-4-15-45(47)51)40-27-26-36-30-37(24-25-38(36)31-40)39-28-29-50-48(32-39)43-13-7-8-19-49(43)53-50/h1-3,5,7-32H,4,6H2. The van der Waals surface area contributed by atoms with Crippen LogP contribution in [0.15, 0.2) is 174 Å². The highest BCUT2D eigenvalue weighted by Crippen LogP contribution is 2.37. The summed E-state index contributed by atoms with van der Waals surface area (Å²) in [5, 5.41) is 12.6. The molecule has 0 atom stereocenters. The summed E-state index contributed by atoms with van der Waals surface area (Å²) in [5.41, 5.74) is 11.9. The molecule has 248 valence electrons. The van der Waals surface area contributed by atoms with Gasteiger partial charge in [0.2, 0.25) is 0 Å². The summed E-state index contributed by atoms with van der Waals surface area (Å²) >= 11 is 0. The second-order valence-corrected chi connectivity index (χ2v) is 14.3. The van der Waals surface area contributed by atoms with Crippen molar-refractivity contribution in [2.24, 2.45) is 0 Å². The molecule has 1 aliphatic carbocycles. The molecule has 0 aliphatic heterocycles. The Balaban J connectivity index is 1.03. The summed E-state index contributed by atoms with van der Waals surface area (Å²) in [5.74, 6) is 0. The number of rotatable bonds is 4. The lowest BCUT2D eigenvalue weighted by Gasteiger charge is -2.18. The zero-order valence-corrected chi connectivity index (χ0v) is 29.1. The lowest BCUT2D eigenvalue weighted by molar-refractivity contribution is 0.669.